The predicted octanol–water partition coefficient (Wildman–Crippen LogP) is 1.36. The first-order chi connectivity index (χ1) is 8.27. The van der Waals surface area contributed by atoms with Crippen LogP contribution in [0, 0.1) is 0 Å². The molecule has 0 saturated heterocycles. The van der Waals surface area contributed by atoms with E-state index in [4.69, 9.17) is 9.84 Å². The normalized spacial score (nSPS) is 11.3. The summed E-state index contributed by atoms with van der Waals surface area (Å²) < 4.78 is 52.4. The van der Waals surface area contributed by atoms with Gasteiger partial charge in [-0.3, -0.25) is 4.72 Å². The lowest BCUT2D eigenvalue weighted by atomic mass is 10.2. The lowest BCUT2D eigenvalue weighted by molar-refractivity contribution is 0.0693. The topological polar surface area (TPSA) is 92.7 Å². The summed E-state index contributed by atoms with van der Waals surface area (Å²) in [6.45, 7) is 0. The number of sulfonamides is 1. The lowest BCUT2D eigenvalue weighted by Crippen LogP contribution is -2.20. The van der Waals surface area contributed by atoms with Crippen molar-refractivity contribution >= 4 is 21.7 Å². The van der Waals surface area contributed by atoms with Crippen molar-refractivity contribution in [3.8, 4) is 5.75 Å². The molecule has 0 aromatic heterocycles. The van der Waals surface area contributed by atoms with Crippen LogP contribution in [0.25, 0.3) is 0 Å². The maximum Gasteiger partial charge on any atom is 0.355 e. The fourth-order valence-corrected chi connectivity index (χ4v) is 1.68. The molecular formula is C9H9F2NO5S. The minimum Gasteiger partial charge on any atom is -0.496 e. The van der Waals surface area contributed by atoms with Gasteiger partial charge in [-0.2, -0.15) is 8.78 Å². The Morgan fingerprint density at radius 1 is 1.44 bits per heavy atom. The Balaban J connectivity index is 3.11. The Morgan fingerprint density at radius 2 is 2.06 bits per heavy atom. The van der Waals surface area contributed by atoms with Gasteiger partial charge in [0.05, 0.1) is 12.8 Å². The average molecular weight is 281 g/mol. The number of ether oxygens (including phenoxy) is 1. The van der Waals surface area contributed by atoms with Gasteiger partial charge in [-0.05, 0) is 12.1 Å². The fraction of sp³-hybridized carbons (Fsp3) is 0.222. The summed E-state index contributed by atoms with van der Waals surface area (Å²) in [7, 11) is -3.62. The molecule has 0 spiro atoms. The van der Waals surface area contributed by atoms with Crippen molar-refractivity contribution in [2.24, 2.45) is 0 Å². The van der Waals surface area contributed by atoms with Gasteiger partial charge in [0.2, 0.25) is 0 Å². The number of carbonyl (C=O) groups is 1. The molecule has 18 heavy (non-hydrogen) atoms. The van der Waals surface area contributed by atoms with E-state index in [0.29, 0.717) is 0 Å². The van der Waals surface area contributed by atoms with Crippen LogP contribution in [0.3, 0.4) is 0 Å². The van der Waals surface area contributed by atoms with E-state index < -0.39 is 21.8 Å². The lowest BCUT2D eigenvalue weighted by Gasteiger charge is -2.10. The minimum absolute atomic E-state index is 0.142. The summed E-state index contributed by atoms with van der Waals surface area (Å²) in [5.74, 6) is -5.00. The average Bonchev–Trinajstić information content (AvgIpc) is 2.27. The molecule has 0 heterocycles. The quantitative estimate of drug-likeness (QED) is 0.850. The minimum atomic E-state index is -4.80. The molecule has 1 aromatic carbocycles. The molecular weight excluding hydrogens is 272 g/mol. The maximum absolute atomic E-state index is 12.1. The Kier molecular flexibility index (Phi) is 4.07. The van der Waals surface area contributed by atoms with Crippen LogP contribution in [-0.2, 0) is 10.0 Å². The van der Waals surface area contributed by atoms with Crippen molar-refractivity contribution in [1.82, 2.24) is 0 Å². The molecule has 0 fully saturated rings. The van der Waals surface area contributed by atoms with Crippen molar-refractivity contribution in [2.75, 3.05) is 11.8 Å². The van der Waals surface area contributed by atoms with E-state index in [1.54, 1.807) is 4.72 Å². The number of rotatable bonds is 5. The zero-order valence-electron chi connectivity index (χ0n) is 9.05. The second-order valence-electron chi connectivity index (χ2n) is 3.13. The molecule has 9 heteroatoms. The predicted molar refractivity (Wildman–Crippen MR) is 58.5 cm³/mol. The van der Waals surface area contributed by atoms with Gasteiger partial charge in [0.25, 0.3) is 10.0 Å². The SMILES string of the molecule is COc1cc(NS(=O)(=O)C(F)F)ccc1C(=O)O. The molecule has 0 radical (unpaired) electrons. The van der Waals surface area contributed by atoms with E-state index >= 15 is 0 Å². The number of aromatic carboxylic acids is 1. The summed E-state index contributed by atoms with van der Waals surface area (Å²) >= 11 is 0. The van der Waals surface area contributed by atoms with Crippen LogP contribution in [0.1, 0.15) is 10.4 Å². The van der Waals surface area contributed by atoms with Crippen molar-refractivity contribution in [1.29, 1.82) is 0 Å². The third-order valence-electron chi connectivity index (χ3n) is 1.93. The summed E-state index contributed by atoms with van der Waals surface area (Å²) in [6, 6.07) is 3.10. The van der Waals surface area contributed by atoms with Gasteiger partial charge in [0, 0.05) is 6.07 Å². The first kappa shape index (κ1) is 14.2. The van der Waals surface area contributed by atoms with Gasteiger partial charge in [-0.15, -0.1) is 0 Å². The van der Waals surface area contributed by atoms with E-state index in [-0.39, 0.29) is 17.0 Å². The molecule has 0 aliphatic heterocycles. The van der Waals surface area contributed by atoms with Gasteiger partial charge in [0.15, 0.2) is 0 Å². The number of halogens is 2. The van der Waals surface area contributed by atoms with Gasteiger partial charge in [-0.1, -0.05) is 0 Å². The standard InChI is InChI=1S/C9H9F2NO5S/c1-17-7-4-5(2-3-6(7)8(13)14)12-18(15,16)9(10)11/h2-4,9,12H,1H3,(H,13,14). The molecule has 0 unspecified atom stereocenters. The molecule has 1 aromatic rings. The monoisotopic (exact) mass is 281 g/mol. The van der Waals surface area contributed by atoms with E-state index in [1.807, 2.05) is 0 Å². The third kappa shape index (κ3) is 3.06. The summed E-state index contributed by atoms with van der Waals surface area (Å²) in [5, 5.41) is 8.77. The fourth-order valence-electron chi connectivity index (χ4n) is 1.14. The van der Waals surface area contributed by atoms with Gasteiger partial charge < -0.3 is 9.84 Å². The highest BCUT2D eigenvalue weighted by Crippen LogP contribution is 2.24. The Bertz CT molecular complexity index is 558. The van der Waals surface area contributed by atoms with E-state index in [2.05, 4.69) is 0 Å². The van der Waals surface area contributed by atoms with Crippen LogP contribution in [0.5, 0.6) is 5.75 Å². The van der Waals surface area contributed by atoms with Crippen LogP contribution in [0.4, 0.5) is 14.5 Å². The third-order valence-corrected chi connectivity index (χ3v) is 2.92. The zero-order chi connectivity index (χ0) is 13.9. The molecule has 0 saturated carbocycles. The van der Waals surface area contributed by atoms with E-state index in [0.717, 1.165) is 18.2 Å². The van der Waals surface area contributed by atoms with E-state index in [9.17, 15) is 22.0 Å². The number of methoxy groups -OCH3 is 1. The van der Waals surface area contributed by atoms with Gasteiger partial charge >= 0.3 is 11.7 Å². The number of hydrogen-bond acceptors (Lipinski definition) is 4. The molecule has 6 nitrogen and oxygen atoms in total. The number of alkyl halides is 2. The first-order valence-corrected chi connectivity index (χ1v) is 6.03. The summed E-state index contributed by atoms with van der Waals surface area (Å²) in [4.78, 5) is 10.7. The van der Waals surface area contributed by atoms with Crippen molar-refractivity contribution in [2.45, 2.75) is 5.76 Å². The number of hydrogen-bond donors (Lipinski definition) is 2. The molecule has 100 valence electrons. The van der Waals surface area contributed by atoms with Gasteiger partial charge in [-0.25, -0.2) is 13.2 Å². The maximum atomic E-state index is 12.1. The van der Waals surface area contributed by atoms with Crippen LogP contribution in [0.2, 0.25) is 0 Å². The van der Waals surface area contributed by atoms with Crippen molar-refractivity contribution in [3.63, 3.8) is 0 Å². The van der Waals surface area contributed by atoms with Crippen LogP contribution in [0.15, 0.2) is 18.2 Å². The van der Waals surface area contributed by atoms with Crippen molar-refractivity contribution in [3.05, 3.63) is 23.8 Å². The number of benzene rings is 1. The number of carboxylic acids is 1. The summed E-state index contributed by atoms with van der Waals surface area (Å²) in [5.41, 5.74) is -0.422. The van der Waals surface area contributed by atoms with Crippen LogP contribution >= 0.6 is 0 Å². The summed E-state index contributed by atoms with van der Waals surface area (Å²) in [6.07, 6.45) is 0. The van der Waals surface area contributed by atoms with Gasteiger partial charge in [0.1, 0.15) is 11.3 Å². The van der Waals surface area contributed by atoms with Crippen molar-refractivity contribution < 1.29 is 31.8 Å². The molecule has 0 bridgehead atoms. The molecule has 1 rings (SSSR count). The molecule has 0 amide bonds. The van der Waals surface area contributed by atoms with Crippen LogP contribution < -0.4 is 9.46 Å². The zero-order valence-corrected chi connectivity index (χ0v) is 9.87. The number of nitrogens with one attached hydrogen (secondary N) is 1. The highest BCUT2D eigenvalue weighted by atomic mass is 32.2. The highest BCUT2D eigenvalue weighted by Gasteiger charge is 2.24. The molecule has 2 N–H and O–H groups in total. The first-order valence-electron chi connectivity index (χ1n) is 4.49. The molecule has 0 aliphatic carbocycles. The van der Waals surface area contributed by atoms with Crippen LogP contribution in [-0.4, -0.2) is 32.4 Å². The second kappa shape index (κ2) is 5.17. The number of anilines is 1. The smallest absolute Gasteiger partial charge is 0.355 e. The van der Waals surface area contributed by atoms with E-state index in [1.165, 1.54) is 7.11 Å². The Labute approximate surface area is 101 Å². The second-order valence-corrected chi connectivity index (χ2v) is 4.78. The molecule has 0 atom stereocenters. The Hall–Kier alpha value is -1.90. The number of carboxylic acid groups (broad SMARTS) is 1. The largest absolute Gasteiger partial charge is 0.496 e. The highest BCUT2D eigenvalue weighted by molar-refractivity contribution is 7.93. The molecule has 0 aliphatic rings. The Morgan fingerprint density at radius 3 is 2.50 bits per heavy atom.